The molecule has 5 rings (SSSR count). The summed E-state index contributed by atoms with van der Waals surface area (Å²) in [5, 5.41) is 3.58. The maximum atomic E-state index is 13.6. The van der Waals surface area contributed by atoms with Crippen LogP contribution in [-0.2, 0) is 17.7 Å². The third-order valence-electron chi connectivity index (χ3n) is 5.51. The molecule has 136 valence electrons. The Morgan fingerprint density at radius 2 is 2.12 bits per heavy atom. The van der Waals surface area contributed by atoms with Crippen molar-refractivity contribution in [3.8, 4) is 11.4 Å². The number of hydrogen-bond donors (Lipinski definition) is 1. The van der Waals surface area contributed by atoms with Gasteiger partial charge >= 0.3 is 0 Å². The smallest absolute Gasteiger partial charge is 0.161 e. The zero-order valence-electron chi connectivity index (χ0n) is 14.7. The average Bonchev–Trinajstić information content (AvgIpc) is 3.30. The van der Waals surface area contributed by atoms with Gasteiger partial charge in [-0.2, -0.15) is 0 Å². The van der Waals surface area contributed by atoms with Gasteiger partial charge in [-0.1, -0.05) is 12.1 Å². The third-order valence-corrected chi connectivity index (χ3v) is 5.51. The number of fused-ring (bicyclic) bond motifs is 1. The summed E-state index contributed by atoms with van der Waals surface area (Å²) < 4.78 is 19.2. The Kier molecular flexibility index (Phi) is 4.10. The second-order valence-corrected chi connectivity index (χ2v) is 7.49. The van der Waals surface area contributed by atoms with Crippen LogP contribution in [0, 0.1) is 5.82 Å². The fourth-order valence-corrected chi connectivity index (χ4v) is 3.85. The molecule has 0 spiro atoms. The molecule has 1 saturated carbocycles. The lowest BCUT2D eigenvalue weighted by molar-refractivity contribution is 0.134. The highest BCUT2D eigenvalue weighted by Crippen LogP contribution is 2.32. The number of hydrogen-bond acceptors (Lipinski definition) is 5. The molecule has 3 aliphatic rings. The SMILES string of the molecule is Fc1cccc(-c2nc3c(c(NC4CC4)n2)CN([C@H]2CCOC2)CC3)c1. The largest absolute Gasteiger partial charge is 0.380 e. The minimum absolute atomic E-state index is 0.257. The van der Waals surface area contributed by atoms with E-state index in [2.05, 4.69) is 10.2 Å². The predicted molar refractivity (Wildman–Crippen MR) is 97.4 cm³/mol. The molecule has 1 aromatic carbocycles. The molecule has 0 radical (unpaired) electrons. The summed E-state index contributed by atoms with van der Waals surface area (Å²) in [7, 11) is 0. The molecule has 0 amide bonds. The fourth-order valence-electron chi connectivity index (χ4n) is 3.85. The van der Waals surface area contributed by atoms with Gasteiger partial charge in [-0.25, -0.2) is 14.4 Å². The molecule has 6 heteroatoms. The average molecular weight is 354 g/mol. The van der Waals surface area contributed by atoms with Crippen LogP contribution in [0.25, 0.3) is 11.4 Å². The number of aromatic nitrogens is 2. The third kappa shape index (κ3) is 3.19. The van der Waals surface area contributed by atoms with E-state index >= 15 is 0 Å². The second-order valence-electron chi connectivity index (χ2n) is 7.49. The topological polar surface area (TPSA) is 50.3 Å². The number of nitrogens with zero attached hydrogens (tertiary/aromatic N) is 3. The lowest BCUT2D eigenvalue weighted by Gasteiger charge is -2.33. The van der Waals surface area contributed by atoms with E-state index in [0.29, 0.717) is 17.9 Å². The maximum Gasteiger partial charge on any atom is 0.161 e. The van der Waals surface area contributed by atoms with E-state index in [0.717, 1.165) is 56.2 Å². The molecular weight excluding hydrogens is 331 g/mol. The van der Waals surface area contributed by atoms with E-state index in [4.69, 9.17) is 14.7 Å². The van der Waals surface area contributed by atoms with Gasteiger partial charge in [-0.05, 0) is 31.4 Å². The van der Waals surface area contributed by atoms with Crippen molar-refractivity contribution in [1.29, 1.82) is 0 Å². The normalized spacial score (nSPS) is 23.0. The van der Waals surface area contributed by atoms with Crippen LogP contribution < -0.4 is 5.32 Å². The van der Waals surface area contributed by atoms with Crippen molar-refractivity contribution in [2.45, 2.75) is 44.3 Å². The summed E-state index contributed by atoms with van der Waals surface area (Å²) in [6.45, 7) is 3.53. The summed E-state index contributed by atoms with van der Waals surface area (Å²) in [5.74, 6) is 1.29. The standard InChI is InChI=1S/C20H23FN4O/c21-14-3-1-2-13(10-14)19-23-18-6-8-25(16-7-9-26-12-16)11-17(18)20(24-19)22-15-4-5-15/h1-3,10,15-16H,4-9,11-12H2,(H,22,23,24)/t16-/m0/s1. The highest BCUT2D eigenvalue weighted by atomic mass is 19.1. The van der Waals surface area contributed by atoms with Crippen LogP contribution in [0.3, 0.4) is 0 Å². The quantitative estimate of drug-likeness (QED) is 0.915. The van der Waals surface area contributed by atoms with Crippen molar-refractivity contribution >= 4 is 5.82 Å². The van der Waals surface area contributed by atoms with Gasteiger partial charge in [-0.15, -0.1) is 0 Å². The minimum Gasteiger partial charge on any atom is -0.380 e. The number of rotatable bonds is 4. The Labute approximate surface area is 152 Å². The van der Waals surface area contributed by atoms with Crippen molar-refractivity contribution in [1.82, 2.24) is 14.9 Å². The van der Waals surface area contributed by atoms with E-state index in [1.165, 1.54) is 30.5 Å². The molecule has 2 fully saturated rings. The zero-order chi connectivity index (χ0) is 17.5. The van der Waals surface area contributed by atoms with Gasteiger partial charge in [-0.3, -0.25) is 4.90 Å². The predicted octanol–water partition coefficient (Wildman–Crippen LogP) is 3.00. The first-order valence-corrected chi connectivity index (χ1v) is 9.50. The van der Waals surface area contributed by atoms with Crippen LogP contribution in [0.5, 0.6) is 0 Å². The number of anilines is 1. The van der Waals surface area contributed by atoms with Crippen molar-refractivity contribution in [2.24, 2.45) is 0 Å². The van der Waals surface area contributed by atoms with Crippen LogP contribution in [0.15, 0.2) is 24.3 Å². The Hall–Kier alpha value is -2.05. The number of nitrogens with one attached hydrogen (secondary N) is 1. The zero-order valence-corrected chi connectivity index (χ0v) is 14.7. The lowest BCUT2D eigenvalue weighted by Crippen LogP contribution is -2.40. The Balaban J connectivity index is 1.51. The van der Waals surface area contributed by atoms with Crippen molar-refractivity contribution in [3.05, 3.63) is 41.3 Å². The summed E-state index contributed by atoms with van der Waals surface area (Å²) >= 11 is 0. The molecule has 1 atom stereocenters. The monoisotopic (exact) mass is 354 g/mol. The minimum atomic E-state index is -0.257. The van der Waals surface area contributed by atoms with Gasteiger partial charge < -0.3 is 10.1 Å². The van der Waals surface area contributed by atoms with Gasteiger partial charge in [0.2, 0.25) is 0 Å². The Morgan fingerprint density at radius 1 is 1.19 bits per heavy atom. The fraction of sp³-hybridized carbons (Fsp3) is 0.500. The first-order valence-electron chi connectivity index (χ1n) is 9.50. The summed E-state index contributed by atoms with van der Waals surface area (Å²) in [5.41, 5.74) is 3.03. The van der Waals surface area contributed by atoms with E-state index in [1.54, 1.807) is 6.07 Å². The lowest BCUT2D eigenvalue weighted by atomic mass is 10.0. The van der Waals surface area contributed by atoms with Gasteiger partial charge in [0.05, 0.1) is 12.3 Å². The second kappa shape index (κ2) is 6.59. The molecule has 26 heavy (non-hydrogen) atoms. The van der Waals surface area contributed by atoms with Crippen molar-refractivity contribution in [2.75, 3.05) is 25.1 Å². The van der Waals surface area contributed by atoms with Gasteiger partial charge in [0.15, 0.2) is 5.82 Å². The van der Waals surface area contributed by atoms with Gasteiger partial charge in [0.1, 0.15) is 11.6 Å². The van der Waals surface area contributed by atoms with E-state index in [1.807, 2.05) is 6.07 Å². The number of halogens is 1. The highest BCUT2D eigenvalue weighted by Gasteiger charge is 2.31. The summed E-state index contributed by atoms with van der Waals surface area (Å²) in [6.07, 6.45) is 4.38. The van der Waals surface area contributed by atoms with Crippen molar-refractivity contribution < 1.29 is 9.13 Å². The van der Waals surface area contributed by atoms with Crippen LogP contribution in [0.2, 0.25) is 0 Å². The molecule has 2 aromatic rings. The molecule has 3 heterocycles. The maximum absolute atomic E-state index is 13.6. The molecule has 1 aliphatic carbocycles. The number of ether oxygens (including phenoxy) is 1. The molecule has 1 N–H and O–H groups in total. The van der Waals surface area contributed by atoms with Crippen LogP contribution in [0.1, 0.15) is 30.5 Å². The first-order chi connectivity index (χ1) is 12.8. The van der Waals surface area contributed by atoms with Crippen molar-refractivity contribution in [3.63, 3.8) is 0 Å². The first kappa shape index (κ1) is 16.1. The summed E-state index contributed by atoms with van der Waals surface area (Å²) in [6, 6.07) is 7.56. The molecular formula is C20H23FN4O. The molecule has 5 nitrogen and oxygen atoms in total. The highest BCUT2D eigenvalue weighted by molar-refractivity contribution is 5.60. The molecule has 2 aliphatic heterocycles. The molecule has 1 saturated heterocycles. The Morgan fingerprint density at radius 3 is 2.88 bits per heavy atom. The van der Waals surface area contributed by atoms with E-state index in [-0.39, 0.29) is 5.82 Å². The van der Waals surface area contributed by atoms with Crippen LogP contribution >= 0.6 is 0 Å². The molecule has 1 aromatic heterocycles. The summed E-state index contributed by atoms with van der Waals surface area (Å²) in [4.78, 5) is 12.1. The molecule has 0 bridgehead atoms. The van der Waals surface area contributed by atoms with E-state index < -0.39 is 0 Å². The van der Waals surface area contributed by atoms with Crippen LogP contribution in [-0.4, -0.2) is 46.7 Å². The van der Waals surface area contributed by atoms with E-state index in [9.17, 15) is 4.39 Å². The van der Waals surface area contributed by atoms with Crippen LogP contribution in [0.4, 0.5) is 10.2 Å². The molecule has 0 unspecified atom stereocenters. The Bertz CT molecular complexity index is 817. The number of benzene rings is 1. The van der Waals surface area contributed by atoms with Gasteiger partial charge in [0.25, 0.3) is 0 Å². The van der Waals surface area contributed by atoms with Gasteiger partial charge in [0, 0.05) is 49.3 Å².